The molecule has 1 unspecified atom stereocenters. The number of hydrogen-bond acceptors (Lipinski definition) is 1. The first-order chi connectivity index (χ1) is 7.80. The van der Waals surface area contributed by atoms with Crippen LogP contribution in [0, 0.1) is 11.8 Å². The fourth-order valence-corrected chi connectivity index (χ4v) is 3.25. The second-order valence-electron chi connectivity index (χ2n) is 5.31. The van der Waals surface area contributed by atoms with Crippen LogP contribution in [-0.2, 0) is 0 Å². The minimum absolute atomic E-state index is 0.937. The molecule has 0 aliphatic carbocycles. The predicted octanol–water partition coefficient (Wildman–Crippen LogP) is 4.31. The summed E-state index contributed by atoms with van der Waals surface area (Å²) in [6.07, 6.45) is 8.35. The molecule has 1 heterocycles. The number of likely N-dealkylation sites (tertiary alicyclic amines) is 1. The molecular weight excluding hydrogens is 262 g/mol. The standard InChI is InChI=1S/C14H28BrN/c1-3-5-6-13(4-2)12-16-9-7-14(11-15)8-10-16/h13-14H,3-12H2,1-2H3. The van der Waals surface area contributed by atoms with Gasteiger partial charge in [0.15, 0.2) is 0 Å². The van der Waals surface area contributed by atoms with Gasteiger partial charge in [0, 0.05) is 11.9 Å². The minimum atomic E-state index is 0.937. The highest BCUT2D eigenvalue weighted by Gasteiger charge is 2.20. The van der Waals surface area contributed by atoms with Crippen LogP contribution in [0.15, 0.2) is 0 Å². The zero-order valence-corrected chi connectivity index (χ0v) is 12.6. The molecule has 0 radical (unpaired) electrons. The molecule has 0 aromatic heterocycles. The van der Waals surface area contributed by atoms with Crippen molar-refractivity contribution in [1.82, 2.24) is 4.90 Å². The van der Waals surface area contributed by atoms with E-state index >= 15 is 0 Å². The average molecular weight is 290 g/mol. The molecule has 0 saturated carbocycles. The van der Waals surface area contributed by atoms with Gasteiger partial charge in [0.05, 0.1) is 0 Å². The lowest BCUT2D eigenvalue weighted by Gasteiger charge is -2.33. The maximum Gasteiger partial charge on any atom is 0.00606 e. The summed E-state index contributed by atoms with van der Waals surface area (Å²) in [6.45, 7) is 8.67. The Morgan fingerprint density at radius 1 is 1.25 bits per heavy atom. The van der Waals surface area contributed by atoms with Gasteiger partial charge >= 0.3 is 0 Å². The SMILES string of the molecule is CCCCC(CC)CN1CCC(CBr)CC1. The largest absolute Gasteiger partial charge is 0.303 e. The van der Waals surface area contributed by atoms with E-state index < -0.39 is 0 Å². The van der Waals surface area contributed by atoms with Gasteiger partial charge in [-0.1, -0.05) is 49.0 Å². The summed E-state index contributed by atoms with van der Waals surface area (Å²) in [4.78, 5) is 2.70. The van der Waals surface area contributed by atoms with Crippen LogP contribution < -0.4 is 0 Å². The molecule has 1 nitrogen and oxygen atoms in total. The van der Waals surface area contributed by atoms with Crippen molar-refractivity contribution in [1.29, 1.82) is 0 Å². The monoisotopic (exact) mass is 289 g/mol. The van der Waals surface area contributed by atoms with E-state index in [2.05, 4.69) is 34.7 Å². The van der Waals surface area contributed by atoms with E-state index in [0.29, 0.717) is 0 Å². The summed E-state index contributed by atoms with van der Waals surface area (Å²) < 4.78 is 0. The van der Waals surface area contributed by atoms with Gasteiger partial charge in [0.25, 0.3) is 0 Å². The lowest BCUT2D eigenvalue weighted by molar-refractivity contribution is 0.162. The molecule has 2 heteroatoms. The molecule has 96 valence electrons. The van der Waals surface area contributed by atoms with Gasteiger partial charge < -0.3 is 4.90 Å². The van der Waals surface area contributed by atoms with Gasteiger partial charge in [-0.2, -0.15) is 0 Å². The first kappa shape index (κ1) is 14.5. The fourth-order valence-electron chi connectivity index (χ4n) is 2.61. The molecule has 1 aliphatic heterocycles. The lowest BCUT2D eigenvalue weighted by atomic mass is 9.95. The molecule has 1 atom stereocenters. The van der Waals surface area contributed by atoms with Crippen molar-refractivity contribution >= 4 is 15.9 Å². The maximum atomic E-state index is 3.61. The summed E-state index contributed by atoms with van der Waals surface area (Å²) in [5, 5.41) is 1.20. The fraction of sp³-hybridized carbons (Fsp3) is 1.00. The van der Waals surface area contributed by atoms with Crippen molar-refractivity contribution in [3.05, 3.63) is 0 Å². The number of nitrogens with zero attached hydrogens (tertiary/aromatic N) is 1. The number of piperidine rings is 1. The number of unbranched alkanes of at least 4 members (excludes halogenated alkanes) is 1. The first-order valence-electron chi connectivity index (χ1n) is 7.08. The second-order valence-corrected chi connectivity index (χ2v) is 5.96. The number of rotatable bonds is 7. The van der Waals surface area contributed by atoms with Crippen LogP contribution in [0.3, 0.4) is 0 Å². The summed E-state index contributed by atoms with van der Waals surface area (Å²) in [5.74, 6) is 1.88. The van der Waals surface area contributed by atoms with Gasteiger partial charge in [-0.05, 0) is 44.2 Å². The molecule has 0 spiro atoms. The summed E-state index contributed by atoms with van der Waals surface area (Å²) in [5.41, 5.74) is 0. The molecule has 1 fully saturated rings. The molecule has 1 aliphatic rings. The van der Waals surface area contributed by atoms with Crippen LogP contribution in [0.4, 0.5) is 0 Å². The summed E-state index contributed by atoms with van der Waals surface area (Å²) >= 11 is 3.61. The third-order valence-electron chi connectivity index (χ3n) is 3.99. The second kappa shape index (κ2) is 8.52. The van der Waals surface area contributed by atoms with Crippen molar-refractivity contribution in [2.75, 3.05) is 25.0 Å². The summed E-state index contributed by atoms with van der Waals surface area (Å²) in [7, 11) is 0. The van der Waals surface area contributed by atoms with E-state index in [4.69, 9.17) is 0 Å². The third kappa shape index (κ3) is 5.18. The molecule has 0 aromatic carbocycles. The Bertz CT molecular complexity index is 164. The molecule has 1 saturated heterocycles. The van der Waals surface area contributed by atoms with E-state index in [1.54, 1.807) is 0 Å². The first-order valence-corrected chi connectivity index (χ1v) is 8.20. The molecule has 16 heavy (non-hydrogen) atoms. The Balaban J connectivity index is 2.20. The van der Waals surface area contributed by atoms with Gasteiger partial charge in [-0.3, -0.25) is 0 Å². The summed E-state index contributed by atoms with van der Waals surface area (Å²) in [6, 6.07) is 0. The molecule has 0 bridgehead atoms. The Labute approximate surface area is 110 Å². The van der Waals surface area contributed by atoms with Crippen molar-refractivity contribution in [2.45, 2.75) is 52.4 Å². The Morgan fingerprint density at radius 2 is 1.94 bits per heavy atom. The Kier molecular flexibility index (Phi) is 7.72. The van der Waals surface area contributed by atoms with Crippen molar-refractivity contribution in [3.8, 4) is 0 Å². The smallest absolute Gasteiger partial charge is 0.00606 e. The molecule has 0 amide bonds. The van der Waals surface area contributed by atoms with Gasteiger partial charge in [0.2, 0.25) is 0 Å². The van der Waals surface area contributed by atoms with E-state index in [1.165, 1.54) is 63.5 Å². The normalized spacial score (nSPS) is 21.2. The van der Waals surface area contributed by atoms with E-state index in [-0.39, 0.29) is 0 Å². The van der Waals surface area contributed by atoms with Gasteiger partial charge in [-0.15, -0.1) is 0 Å². The number of hydrogen-bond donors (Lipinski definition) is 0. The zero-order chi connectivity index (χ0) is 11.8. The van der Waals surface area contributed by atoms with Crippen molar-refractivity contribution in [2.24, 2.45) is 11.8 Å². The number of alkyl halides is 1. The van der Waals surface area contributed by atoms with Gasteiger partial charge in [-0.25, -0.2) is 0 Å². The maximum absolute atomic E-state index is 3.61. The topological polar surface area (TPSA) is 3.24 Å². The predicted molar refractivity (Wildman–Crippen MR) is 76.3 cm³/mol. The van der Waals surface area contributed by atoms with E-state index in [1.807, 2.05) is 0 Å². The van der Waals surface area contributed by atoms with Crippen LogP contribution in [0.1, 0.15) is 52.4 Å². The Morgan fingerprint density at radius 3 is 2.44 bits per heavy atom. The van der Waals surface area contributed by atoms with Crippen LogP contribution in [0.5, 0.6) is 0 Å². The molecule has 1 rings (SSSR count). The highest BCUT2D eigenvalue weighted by Crippen LogP contribution is 2.21. The highest BCUT2D eigenvalue weighted by atomic mass is 79.9. The van der Waals surface area contributed by atoms with E-state index in [0.717, 1.165) is 11.8 Å². The van der Waals surface area contributed by atoms with Crippen LogP contribution in [0.2, 0.25) is 0 Å². The lowest BCUT2D eigenvalue weighted by Crippen LogP contribution is -2.37. The molecule has 0 aromatic rings. The quantitative estimate of drug-likeness (QED) is 0.632. The average Bonchev–Trinajstić information content (AvgIpc) is 2.35. The Hall–Kier alpha value is 0.440. The number of halogens is 1. The third-order valence-corrected chi connectivity index (χ3v) is 4.90. The zero-order valence-electron chi connectivity index (χ0n) is 11.1. The van der Waals surface area contributed by atoms with Crippen molar-refractivity contribution in [3.63, 3.8) is 0 Å². The van der Waals surface area contributed by atoms with Crippen molar-refractivity contribution < 1.29 is 0 Å². The van der Waals surface area contributed by atoms with Crippen LogP contribution in [-0.4, -0.2) is 29.9 Å². The van der Waals surface area contributed by atoms with Crippen LogP contribution >= 0.6 is 15.9 Å². The van der Waals surface area contributed by atoms with Crippen LogP contribution in [0.25, 0.3) is 0 Å². The van der Waals surface area contributed by atoms with Gasteiger partial charge in [0.1, 0.15) is 0 Å². The van der Waals surface area contributed by atoms with E-state index in [9.17, 15) is 0 Å². The molecular formula is C14H28BrN. The molecule has 0 N–H and O–H groups in total. The minimum Gasteiger partial charge on any atom is -0.303 e. The highest BCUT2D eigenvalue weighted by molar-refractivity contribution is 9.09.